The van der Waals surface area contributed by atoms with Crippen molar-refractivity contribution in [3.8, 4) is 0 Å². The van der Waals surface area contributed by atoms with Crippen LogP contribution in [-0.4, -0.2) is 70.3 Å². The first-order chi connectivity index (χ1) is 21.1. The first-order valence-electron chi connectivity index (χ1n) is 15.7. The number of allylic oxidation sites excluding steroid dienone is 2. The lowest BCUT2D eigenvalue weighted by Crippen LogP contribution is -2.50. The SMILES string of the molecule is C=CCCCCN1C(=O)OCc2cnc(N[C@@H](C)c3ccc(C(CCC=C)N4CCN(C(=O)OC(C)(C)C)CC4)cc3)nc21. The zero-order valence-corrected chi connectivity index (χ0v) is 26.8. The molecule has 1 aromatic carbocycles. The van der Waals surface area contributed by atoms with Crippen LogP contribution in [0.5, 0.6) is 0 Å². The largest absolute Gasteiger partial charge is 0.444 e. The Morgan fingerprint density at radius 1 is 1.07 bits per heavy atom. The third-order valence-electron chi connectivity index (χ3n) is 7.93. The minimum atomic E-state index is -0.500. The molecule has 10 nitrogen and oxygen atoms in total. The molecule has 0 saturated carbocycles. The van der Waals surface area contributed by atoms with Gasteiger partial charge in [-0.15, -0.1) is 13.2 Å². The molecule has 0 radical (unpaired) electrons. The van der Waals surface area contributed by atoms with E-state index in [2.05, 4.69) is 59.5 Å². The van der Waals surface area contributed by atoms with E-state index in [-0.39, 0.29) is 30.9 Å². The molecule has 0 spiro atoms. The van der Waals surface area contributed by atoms with Crippen molar-refractivity contribution in [2.24, 2.45) is 0 Å². The Hall–Kier alpha value is -3.92. The summed E-state index contributed by atoms with van der Waals surface area (Å²) >= 11 is 0. The van der Waals surface area contributed by atoms with Crippen LogP contribution < -0.4 is 10.2 Å². The van der Waals surface area contributed by atoms with Gasteiger partial charge in [0, 0.05) is 45.0 Å². The van der Waals surface area contributed by atoms with Gasteiger partial charge in [0.25, 0.3) is 0 Å². The molecule has 2 aliphatic heterocycles. The molecule has 2 aromatic rings. The van der Waals surface area contributed by atoms with Gasteiger partial charge in [-0.05, 0) is 70.9 Å². The maximum atomic E-state index is 12.6. The Labute approximate surface area is 262 Å². The number of hydrogen-bond acceptors (Lipinski definition) is 8. The zero-order chi connectivity index (χ0) is 31.7. The summed E-state index contributed by atoms with van der Waals surface area (Å²) in [5.41, 5.74) is 2.64. The van der Waals surface area contributed by atoms with E-state index in [1.807, 2.05) is 32.9 Å². The quantitative estimate of drug-likeness (QED) is 0.192. The molecule has 238 valence electrons. The van der Waals surface area contributed by atoms with Crippen molar-refractivity contribution in [1.29, 1.82) is 0 Å². The highest BCUT2D eigenvalue weighted by Crippen LogP contribution is 2.30. The van der Waals surface area contributed by atoms with Gasteiger partial charge >= 0.3 is 12.2 Å². The third-order valence-corrected chi connectivity index (χ3v) is 7.93. The number of carbonyl (C=O) groups is 2. The van der Waals surface area contributed by atoms with Crippen LogP contribution in [0.3, 0.4) is 0 Å². The molecule has 0 aliphatic carbocycles. The number of carbonyl (C=O) groups excluding carboxylic acids is 2. The number of ether oxygens (including phenoxy) is 2. The van der Waals surface area contributed by atoms with Crippen LogP contribution in [-0.2, 0) is 16.1 Å². The highest BCUT2D eigenvalue weighted by Gasteiger charge is 2.30. The molecular formula is C34H48N6O4. The molecule has 10 heteroatoms. The van der Waals surface area contributed by atoms with Gasteiger partial charge in [0.1, 0.15) is 18.0 Å². The number of rotatable bonds is 13. The first kappa shape index (κ1) is 33.0. The standard InChI is InChI=1S/C34H48N6O4/c1-7-9-11-12-18-40-30-28(24-43-33(40)42)23-35-31(37-30)36-25(3)26-14-16-27(17-15-26)29(13-10-8-2)38-19-21-39(22-20-38)32(41)44-34(4,5)6/h7-8,14-17,23,25,29H,1-2,9-13,18-22,24H2,3-6H3,(H,35,36,37)/t25-,29?/m0/s1. The van der Waals surface area contributed by atoms with Crippen molar-refractivity contribution in [2.75, 3.05) is 42.9 Å². The fourth-order valence-corrected chi connectivity index (χ4v) is 5.52. The van der Waals surface area contributed by atoms with Gasteiger partial charge in [-0.1, -0.05) is 36.4 Å². The third kappa shape index (κ3) is 8.81. The van der Waals surface area contributed by atoms with Crippen LogP contribution >= 0.6 is 0 Å². The fraction of sp³-hybridized carbons (Fsp3) is 0.529. The van der Waals surface area contributed by atoms with Crippen molar-refractivity contribution in [2.45, 2.75) is 84.1 Å². The number of unbranched alkanes of at least 4 members (excludes halogenated alkanes) is 2. The van der Waals surface area contributed by atoms with Crippen molar-refractivity contribution >= 4 is 24.0 Å². The van der Waals surface area contributed by atoms with Gasteiger partial charge in [0.2, 0.25) is 5.95 Å². The van der Waals surface area contributed by atoms with Gasteiger partial charge in [-0.25, -0.2) is 14.6 Å². The second kappa shape index (κ2) is 15.2. The minimum Gasteiger partial charge on any atom is -0.444 e. The van der Waals surface area contributed by atoms with E-state index in [0.717, 1.165) is 56.3 Å². The molecule has 2 aliphatic rings. The molecule has 44 heavy (non-hydrogen) atoms. The predicted molar refractivity (Wildman–Crippen MR) is 174 cm³/mol. The summed E-state index contributed by atoms with van der Waals surface area (Å²) in [6, 6.07) is 8.85. The van der Waals surface area contributed by atoms with Crippen molar-refractivity contribution in [1.82, 2.24) is 19.8 Å². The Morgan fingerprint density at radius 2 is 1.75 bits per heavy atom. The predicted octanol–water partition coefficient (Wildman–Crippen LogP) is 7.02. The molecule has 1 saturated heterocycles. The van der Waals surface area contributed by atoms with Gasteiger partial charge < -0.3 is 19.7 Å². The number of anilines is 2. The lowest BCUT2D eigenvalue weighted by molar-refractivity contribution is 0.00977. The average Bonchev–Trinajstić information content (AvgIpc) is 3.00. The molecule has 1 unspecified atom stereocenters. The van der Waals surface area contributed by atoms with Crippen molar-refractivity contribution in [3.63, 3.8) is 0 Å². The van der Waals surface area contributed by atoms with Crippen molar-refractivity contribution < 1.29 is 19.1 Å². The summed E-state index contributed by atoms with van der Waals surface area (Å²) in [5, 5.41) is 3.41. The highest BCUT2D eigenvalue weighted by atomic mass is 16.6. The Balaban J connectivity index is 1.40. The normalized spacial score (nSPS) is 16.9. The highest BCUT2D eigenvalue weighted by molar-refractivity contribution is 5.89. The smallest absolute Gasteiger partial charge is 0.415 e. The van der Waals surface area contributed by atoms with Crippen LogP contribution in [0, 0.1) is 0 Å². The van der Waals surface area contributed by atoms with E-state index in [1.54, 1.807) is 16.0 Å². The summed E-state index contributed by atoms with van der Waals surface area (Å²) in [5.74, 6) is 1.08. The molecule has 1 fully saturated rings. The minimum absolute atomic E-state index is 0.0531. The fourth-order valence-electron chi connectivity index (χ4n) is 5.52. The molecule has 1 N–H and O–H groups in total. The van der Waals surface area contributed by atoms with Gasteiger partial charge in [-0.2, -0.15) is 4.98 Å². The number of piperazine rings is 1. The summed E-state index contributed by atoms with van der Waals surface area (Å²) < 4.78 is 10.9. The topological polar surface area (TPSA) is 100 Å². The number of cyclic esters (lactones) is 1. The van der Waals surface area contributed by atoms with Crippen LogP contribution in [0.25, 0.3) is 0 Å². The Bertz CT molecular complexity index is 1280. The van der Waals surface area contributed by atoms with E-state index in [1.165, 1.54) is 5.56 Å². The van der Waals surface area contributed by atoms with Crippen LogP contribution in [0.2, 0.25) is 0 Å². The first-order valence-corrected chi connectivity index (χ1v) is 15.7. The molecule has 2 amide bonds. The molecule has 0 bridgehead atoms. The number of fused-ring (bicyclic) bond motifs is 1. The van der Waals surface area contributed by atoms with Gasteiger partial charge in [0.05, 0.1) is 11.6 Å². The van der Waals surface area contributed by atoms with E-state index in [9.17, 15) is 9.59 Å². The summed E-state index contributed by atoms with van der Waals surface area (Å²) in [6.45, 7) is 19.0. The number of benzene rings is 1. The van der Waals surface area contributed by atoms with Crippen LogP contribution in [0.15, 0.2) is 55.8 Å². The molecule has 2 atom stereocenters. The molecule has 3 heterocycles. The zero-order valence-electron chi connectivity index (χ0n) is 26.8. The number of nitrogens with one attached hydrogen (secondary N) is 1. The summed E-state index contributed by atoms with van der Waals surface area (Å²) in [7, 11) is 0. The van der Waals surface area contributed by atoms with Crippen LogP contribution in [0.4, 0.5) is 21.4 Å². The second-order valence-corrected chi connectivity index (χ2v) is 12.5. The van der Waals surface area contributed by atoms with Gasteiger partial charge in [0.15, 0.2) is 0 Å². The number of hydrogen-bond donors (Lipinski definition) is 1. The lowest BCUT2D eigenvalue weighted by Gasteiger charge is -2.40. The summed E-state index contributed by atoms with van der Waals surface area (Å²) in [6.07, 6.45) is 9.52. The maximum absolute atomic E-state index is 12.6. The maximum Gasteiger partial charge on any atom is 0.415 e. The van der Waals surface area contributed by atoms with Crippen LogP contribution in [0.1, 0.15) is 88.6 Å². The molecule has 1 aromatic heterocycles. The molecular weight excluding hydrogens is 556 g/mol. The van der Waals surface area contributed by atoms with Crippen molar-refractivity contribution in [3.05, 3.63) is 72.5 Å². The monoisotopic (exact) mass is 604 g/mol. The molecule has 4 rings (SSSR count). The summed E-state index contributed by atoms with van der Waals surface area (Å²) in [4.78, 5) is 40.1. The van der Waals surface area contributed by atoms with E-state index in [0.29, 0.717) is 31.4 Å². The second-order valence-electron chi connectivity index (χ2n) is 12.5. The van der Waals surface area contributed by atoms with E-state index in [4.69, 9.17) is 14.5 Å². The Morgan fingerprint density at radius 3 is 2.41 bits per heavy atom. The lowest BCUT2D eigenvalue weighted by atomic mass is 9.97. The number of aromatic nitrogens is 2. The Kier molecular flexibility index (Phi) is 11.4. The number of nitrogens with zero attached hydrogens (tertiary/aromatic N) is 5. The van der Waals surface area contributed by atoms with E-state index < -0.39 is 5.60 Å². The van der Waals surface area contributed by atoms with E-state index >= 15 is 0 Å². The average molecular weight is 605 g/mol. The number of amides is 2. The van der Waals surface area contributed by atoms with Gasteiger partial charge in [-0.3, -0.25) is 9.80 Å².